The molecule has 0 fully saturated rings. The molecule has 20 heavy (non-hydrogen) atoms. The number of aromatic amines is 1. The fourth-order valence-electron chi connectivity index (χ4n) is 1.58. The van der Waals surface area contributed by atoms with Gasteiger partial charge in [0.25, 0.3) is 0 Å². The van der Waals surface area contributed by atoms with Crippen LogP contribution in [0.3, 0.4) is 0 Å². The highest BCUT2D eigenvalue weighted by atomic mass is 35.5. The van der Waals surface area contributed by atoms with Crippen LogP contribution in [0.4, 0.5) is 5.82 Å². The number of hydrogen-bond donors (Lipinski definition) is 2. The fourth-order valence-corrected chi connectivity index (χ4v) is 2.05. The zero-order valence-electron chi connectivity index (χ0n) is 10.8. The molecule has 2 aromatic rings. The minimum Gasteiger partial charge on any atom is -0.306 e. The van der Waals surface area contributed by atoms with Crippen LogP contribution in [0.5, 0.6) is 0 Å². The van der Waals surface area contributed by atoms with E-state index in [0.717, 1.165) is 17.7 Å². The number of halogens is 2. The summed E-state index contributed by atoms with van der Waals surface area (Å²) in [4.78, 5) is 11.7. The number of benzene rings is 1. The second-order valence-electron chi connectivity index (χ2n) is 4.12. The molecule has 0 aliphatic heterocycles. The monoisotopic (exact) mass is 309 g/mol. The Balaban J connectivity index is 2.01. The number of H-pyrrole nitrogens is 1. The van der Waals surface area contributed by atoms with E-state index in [1.807, 2.05) is 6.92 Å². The van der Waals surface area contributed by atoms with Gasteiger partial charge in [0.2, 0.25) is 5.91 Å². The second-order valence-corrected chi connectivity index (χ2v) is 4.96. The van der Waals surface area contributed by atoms with E-state index in [1.165, 1.54) is 6.08 Å². The summed E-state index contributed by atoms with van der Waals surface area (Å²) in [6, 6.07) is 6.88. The molecule has 0 saturated carbocycles. The number of carbonyl (C=O) groups excluding carboxylic acids is 1. The van der Waals surface area contributed by atoms with E-state index in [4.69, 9.17) is 23.2 Å². The van der Waals surface area contributed by atoms with Crippen molar-refractivity contribution < 1.29 is 4.79 Å². The van der Waals surface area contributed by atoms with Crippen LogP contribution >= 0.6 is 23.2 Å². The lowest BCUT2D eigenvalue weighted by atomic mass is 10.2. The summed E-state index contributed by atoms with van der Waals surface area (Å²) in [7, 11) is 0. The summed E-state index contributed by atoms with van der Waals surface area (Å²) < 4.78 is 0. The van der Waals surface area contributed by atoms with Crippen LogP contribution in [0.1, 0.15) is 18.2 Å². The van der Waals surface area contributed by atoms with Crippen molar-refractivity contribution in [2.24, 2.45) is 0 Å². The van der Waals surface area contributed by atoms with Gasteiger partial charge in [-0.3, -0.25) is 9.89 Å². The first-order valence-electron chi connectivity index (χ1n) is 6.07. The van der Waals surface area contributed by atoms with Gasteiger partial charge < -0.3 is 5.32 Å². The summed E-state index contributed by atoms with van der Waals surface area (Å²) in [5, 5.41) is 10.5. The predicted octanol–water partition coefficient (Wildman–Crippen LogP) is 3.93. The summed E-state index contributed by atoms with van der Waals surface area (Å²) in [6.07, 6.45) is 3.86. The highest BCUT2D eigenvalue weighted by molar-refractivity contribution is 6.35. The number of rotatable bonds is 4. The van der Waals surface area contributed by atoms with E-state index in [-0.39, 0.29) is 5.91 Å². The molecule has 0 aliphatic rings. The Morgan fingerprint density at radius 3 is 2.85 bits per heavy atom. The first-order chi connectivity index (χ1) is 9.58. The lowest BCUT2D eigenvalue weighted by Gasteiger charge is -1.99. The van der Waals surface area contributed by atoms with E-state index in [2.05, 4.69) is 15.5 Å². The quantitative estimate of drug-likeness (QED) is 0.841. The van der Waals surface area contributed by atoms with Crippen molar-refractivity contribution in [2.45, 2.75) is 13.3 Å². The summed E-state index contributed by atoms with van der Waals surface area (Å²) >= 11 is 11.8. The molecule has 6 heteroatoms. The fraction of sp³-hybridized carbons (Fsp3) is 0.143. The Hall–Kier alpha value is -1.78. The number of aromatic nitrogens is 2. The van der Waals surface area contributed by atoms with E-state index >= 15 is 0 Å². The summed E-state index contributed by atoms with van der Waals surface area (Å²) in [5.74, 6) is 0.226. The SMILES string of the molecule is CCc1cc(NC(=O)/C=C/c2ccc(Cl)cc2Cl)n[nH]1. The van der Waals surface area contributed by atoms with Crippen LogP contribution in [-0.4, -0.2) is 16.1 Å². The van der Waals surface area contributed by atoms with E-state index in [9.17, 15) is 4.79 Å². The molecule has 0 radical (unpaired) electrons. The van der Waals surface area contributed by atoms with Gasteiger partial charge in [-0.25, -0.2) is 0 Å². The van der Waals surface area contributed by atoms with E-state index in [0.29, 0.717) is 15.9 Å². The van der Waals surface area contributed by atoms with Crippen LogP contribution in [0.25, 0.3) is 6.08 Å². The number of nitrogens with zero attached hydrogens (tertiary/aromatic N) is 1. The smallest absolute Gasteiger partial charge is 0.249 e. The van der Waals surface area contributed by atoms with Crippen molar-refractivity contribution in [2.75, 3.05) is 5.32 Å². The van der Waals surface area contributed by atoms with Crippen LogP contribution in [0, 0.1) is 0 Å². The molecule has 1 amide bonds. The topological polar surface area (TPSA) is 57.8 Å². The van der Waals surface area contributed by atoms with Crippen LogP contribution in [-0.2, 0) is 11.2 Å². The van der Waals surface area contributed by atoms with Crippen LogP contribution in [0.15, 0.2) is 30.3 Å². The van der Waals surface area contributed by atoms with Gasteiger partial charge in [0.1, 0.15) is 0 Å². The van der Waals surface area contributed by atoms with E-state index in [1.54, 1.807) is 30.3 Å². The molecule has 2 N–H and O–H groups in total. The normalized spacial score (nSPS) is 10.9. The number of anilines is 1. The van der Waals surface area contributed by atoms with Gasteiger partial charge in [0, 0.05) is 27.9 Å². The van der Waals surface area contributed by atoms with Crippen LogP contribution in [0.2, 0.25) is 10.0 Å². The highest BCUT2D eigenvalue weighted by Gasteiger charge is 2.03. The van der Waals surface area contributed by atoms with Gasteiger partial charge in [0.05, 0.1) is 0 Å². The average Bonchev–Trinajstić information content (AvgIpc) is 2.85. The molecule has 0 atom stereocenters. The maximum absolute atomic E-state index is 11.7. The summed E-state index contributed by atoms with van der Waals surface area (Å²) in [5.41, 5.74) is 1.69. The molecule has 0 aliphatic carbocycles. The Morgan fingerprint density at radius 2 is 2.20 bits per heavy atom. The lowest BCUT2D eigenvalue weighted by Crippen LogP contribution is -2.07. The zero-order chi connectivity index (χ0) is 14.5. The van der Waals surface area contributed by atoms with Crippen molar-refractivity contribution in [1.82, 2.24) is 10.2 Å². The Labute approximate surface area is 126 Å². The minimum atomic E-state index is -0.273. The maximum atomic E-state index is 11.7. The molecule has 1 aromatic carbocycles. The third-order valence-corrected chi connectivity index (χ3v) is 3.20. The number of nitrogens with one attached hydrogen (secondary N) is 2. The lowest BCUT2D eigenvalue weighted by molar-refractivity contribution is -0.111. The Kier molecular flexibility index (Phi) is 4.82. The molecule has 0 saturated heterocycles. The molecule has 4 nitrogen and oxygen atoms in total. The molecular formula is C14H13Cl2N3O. The summed E-state index contributed by atoms with van der Waals surface area (Å²) in [6.45, 7) is 2.00. The Bertz CT molecular complexity index is 650. The van der Waals surface area contributed by atoms with Crippen molar-refractivity contribution in [1.29, 1.82) is 0 Å². The first kappa shape index (κ1) is 14.6. The number of carbonyl (C=O) groups is 1. The van der Waals surface area contributed by atoms with Crippen molar-refractivity contribution in [3.8, 4) is 0 Å². The number of hydrogen-bond acceptors (Lipinski definition) is 2. The molecule has 0 unspecified atom stereocenters. The number of amides is 1. The van der Waals surface area contributed by atoms with Crippen molar-refractivity contribution in [3.63, 3.8) is 0 Å². The van der Waals surface area contributed by atoms with Crippen LogP contribution < -0.4 is 5.32 Å². The largest absolute Gasteiger partial charge is 0.306 e. The zero-order valence-corrected chi connectivity index (χ0v) is 12.3. The van der Waals surface area contributed by atoms with Crippen molar-refractivity contribution >= 4 is 41.0 Å². The molecule has 1 aromatic heterocycles. The first-order valence-corrected chi connectivity index (χ1v) is 6.82. The third-order valence-electron chi connectivity index (χ3n) is 2.64. The predicted molar refractivity (Wildman–Crippen MR) is 82.1 cm³/mol. The standard InChI is InChI=1S/C14H13Cl2N3O/c1-2-11-8-13(19-18-11)17-14(20)6-4-9-3-5-10(15)7-12(9)16/h3-8H,2H2,1H3,(H2,17,18,19,20)/b6-4+. The van der Waals surface area contributed by atoms with Crippen molar-refractivity contribution in [3.05, 3.63) is 51.6 Å². The average molecular weight is 310 g/mol. The van der Waals surface area contributed by atoms with Gasteiger partial charge in [0.15, 0.2) is 5.82 Å². The Morgan fingerprint density at radius 1 is 1.40 bits per heavy atom. The number of aryl methyl sites for hydroxylation is 1. The van der Waals surface area contributed by atoms with Gasteiger partial charge in [-0.05, 0) is 30.2 Å². The second kappa shape index (κ2) is 6.59. The van der Waals surface area contributed by atoms with Gasteiger partial charge in [-0.15, -0.1) is 0 Å². The maximum Gasteiger partial charge on any atom is 0.249 e. The minimum absolute atomic E-state index is 0.273. The molecule has 0 bridgehead atoms. The third kappa shape index (κ3) is 3.85. The molecule has 2 rings (SSSR count). The van der Waals surface area contributed by atoms with E-state index < -0.39 is 0 Å². The molecule has 0 spiro atoms. The molecule has 104 valence electrons. The van der Waals surface area contributed by atoms with Gasteiger partial charge >= 0.3 is 0 Å². The highest BCUT2D eigenvalue weighted by Crippen LogP contribution is 2.21. The molecular weight excluding hydrogens is 297 g/mol. The van der Waals surface area contributed by atoms with Gasteiger partial charge in [-0.2, -0.15) is 5.10 Å². The van der Waals surface area contributed by atoms with Gasteiger partial charge in [-0.1, -0.05) is 36.2 Å². The molecule has 1 heterocycles.